The molecule has 1 atom stereocenters. The number of carboxylic acid groups (broad SMARTS) is 1. The second kappa shape index (κ2) is 6.24. The lowest BCUT2D eigenvalue weighted by Gasteiger charge is -2.25. The lowest BCUT2D eigenvalue weighted by Crippen LogP contribution is -2.32. The summed E-state index contributed by atoms with van der Waals surface area (Å²) in [6, 6.07) is 9.47. The molecule has 17 heavy (non-hydrogen) atoms. The summed E-state index contributed by atoms with van der Waals surface area (Å²) in [6.45, 7) is 5.48. The fraction of sp³-hybridized carbons (Fsp3) is 0.400. The Balaban J connectivity index is 2.76. The Morgan fingerprint density at radius 1 is 1.35 bits per heavy atom. The molecule has 1 N–H and O–H groups in total. The van der Waals surface area contributed by atoms with Crippen LogP contribution in [0.25, 0.3) is 0 Å². The summed E-state index contributed by atoms with van der Waals surface area (Å²) in [4.78, 5) is 11.5. The Morgan fingerprint density at radius 3 is 2.53 bits per heavy atom. The van der Waals surface area contributed by atoms with Crippen LogP contribution in [0.3, 0.4) is 0 Å². The minimum absolute atomic E-state index is 0.667. The second-order valence-corrected chi connectivity index (χ2v) is 4.54. The van der Waals surface area contributed by atoms with E-state index >= 15 is 0 Å². The van der Waals surface area contributed by atoms with Crippen LogP contribution in [0, 0.1) is 0 Å². The van der Waals surface area contributed by atoms with Gasteiger partial charge in [0.2, 0.25) is 0 Å². The van der Waals surface area contributed by atoms with Crippen LogP contribution in [0.2, 0.25) is 0 Å². The number of unbranched alkanes of at least 4 members (excludes halogenated alkanes) is 2. The molecule has 0 amide bonds. The minimum Gasteiger partial charge on any atom is -0.481 e. The fourth-order valence-electron chi connectivity index (χ4n) is 1.95. The SMILES string of the molecule is C=CCCCC[C@](C)(C(=O)O)c1ccccc1. The predicted molar refractivity (Wildman–Crippen MR) is 70.1 cm³/mol. The van der Waals surface area contributed by atoms with Crippen molar-refractivity contribution >= 4 is 5.97 Å². The summed E-state index contributed by atoms with van der Waals surface area (Å²) in [6.07, 6.45) is 5.40. The van der Waals surface area contributed by atoms with Crippen molar-refractivity contribution in [2.45, 2.75) is 38.0 Å². The van der Waals surface area contributed by atoms with E-state index < -0.39 is 11.4 Å². The molecule has 0 saturated heterocycles. The highest BCUT2D eigenvalue weighted by atomic mass is 16.4. The minimum atomic E-state index is -0.775. The van der Waals surface area contributed by atoms with Crippen LogP contribution in [0.15, 0.2) is 43.0 Å². The molecule has 0 spiro atoms. The number of carbonyl (C=O) groups is 1. The van der Waals surface area contributed by atoms with E-state index in [4.69, 9.17) is 0 Å². The third-order valence-electron chi connectivity index (χ3n) is 3.22. The van der Waals surface area contributed by atoms with E-state index in [-0.39, 0.29) is 0 Å². The number of hydrogen-bond acceptors (Lipinski definition) is 1. The number of rotatable bonds is 7. The first-order chi connectivity index (χ1) is 8.11. The van der Waals surface area contributed by atoms with E-state index in [1.54, 1.807) is 6.92 Å². The van der Waals surface area contributed by atoms with Gasteiger partial charge in [-0.05, 0) is 31.7 Å². The van der Waals surface area contributed by atoms with Crippen LogP contribution in [0.1, 0.15) is 38.2 Å². The lowest BCUT2D eigenvalue weighted by atomic mass is 9.78. The topological polar surface area (TPSA) is 37.3 Å². The van der Waals surface area contributed by atoms with E-state index in [2.05, 4.69) is 6.58 Å². The number of aliphatic carboxylic acids is 1. The Kier molecular flexibility index (Phi) is 4.95. The van der Waals surface area contributed by atoms with Crippen molar-refractivity contribution in [2.24, 2.45) is 0 Å². The molecular weight excluding hydrogens is 212 g/mol. The highest BCUT2D eigenvalue weighted by molar-refractivity contribution is 5.80. The van der Waals surface area contributed by atoms with Crippen LogP contribution in [-0.2, 0) is 10.2 Å². The zero-order chi connectivity index (χ0) is 12.7. The molecule has 0 aromatic heterocycles. The molecule has 2 heteroatoms. The third kappa shape index (κ3) is 3.45. The van der Waals surface area contributed by atoms with Crippen LogP contribution in [-0.4, -0.2) is 11.1 Å². The van der Waals surface area contributed by atoms with Gasteiger partial charge in [0.1, 0.15) is 0 Å². The molecule has 0 radical (unpaired) electrons. The van der Waals surface area contributed by atoms with Gasteiger partial charge < -0.3 is 5.11 Å². The maximum atomic E-state index is 11.5. The zero-order valence-corrected chi connectivity index (χ0v) is 10.4. The maximum absolute atomic E-state index is 11.5. The molecule has 1 rings (SSSR count). The van der Waals surface area contributed by atoms with Crippen LogP contribution >= 0.6 is 0 Å². The van der Waals surface area contributed by atoms with E-state index in [0.717, 1.165) is 24.8 Å². The first kappa shape index (κ1) is 13.5. The Morgan fingerprint density at radius 2 is 2.00 bits per heavy atom. The van der Waals surface area contributed by atoms with Gasteiger partial charge in [-0.2, -0.15) is 0 Å². The van der Waals surface area contributed by atoms with E-state index in [9.17, 15) is 9.90 Å². The Hall–Kier alpha value is -1.57. The Bertz CT molecular complexity index is 370. The van der Waals surface area contributed by atoms with Crippen molar-refractivity contribution in [3.63, 3.8) is 0 Å². The molecule has 0 heterocycles. The first-order valence-corrected chi connectivity index (χ1v) is 6.01. The summed E-state index contributed by atoms with van der Waals surface area (Å²) in [5.41, 5.74) is 0.105. The predicted octanol–water partition coefficient (Wildman–Crippen LogP) is 3.78. The molecule has 0 aliphatic rings. The van der Waals surface area contributed by atoms with Gasteiger partial charge >= 0.3 is 5.97 Å². The molecule has 0 bridgehead atoms. The number of benzene rings is 1. The van der Waals surface area contributed by atoms with Gasteiger partial charge in [0.05, 0.1) is 5.41 Å². The summed E-state index contributed by atoms with van der Waals surface area (Å²) in [5.74, 6) is -0.748. The van der Waals surface area contributed by atoms with Crippen molar-refractivity contribution in [3.05, 3.63) is 48.6 Å². The van der Waals surface area contributed by atoms with Crippen LogP contribution in [0.5, 0.6) is 0 Å². The van der Waals surface area contributed by atoms with Crippen LogP contribution < -0.4 is 0 Å². The van der Waals surface area contributed by atoms with Crippen LogP contribution in [0.4, 0.5) is 0 Å². The normalized spacial score (nSPS) is 13.9. The van der Waals surface area contributed by atoms with E-state index in [0.29, 0.717) is 6.42 Å². The highest BCUT2D eigenvalue weighted by Gasteiger charge is 2.34. The average Bonchev–Trinajstić information content (AvgIpc) is 2.35. The molecule has 0 aliphatic heterocycles. The molecule has 0 fully saturated rings. The van der Waals surface area contributed by atoms with Gasteiger partial charge in [-0.1, -0.05) is 42.8 Å². The van der Waals surface area contributed by atoms with Crippen molar-refractivity contribution in [2.75, 3.05) is 0 Å². The van der Waals surface area contributed by atoms with E-state index in [1.165, 1.54) is 0 Å². The van der Waals surface area contributed by atoms with Gasteiger partial charge in [0, 0.05) is 0 Å². The van der Waals surface area contributed by atoms with Crippen molar-refractivity contribution in [1.29, 1.82) is 0 Å². The van der Waals surface area contributed by atoms with Gasteiger partial charge in [0.25, 0.3) is 0 Å². The second-order valence-electron chi connectivity index (χ2n) is 4.54. The summed E-state index contributed by atoms with van der Waals surface area (Å²) < 4.78 is 0. The Labute approximate surface area is 103 Å². The molecule has 1 aromatic carbocycles. The summed E-state index contributed by atoms with van der Waals surface area (Å²) in [5, 5.41) is 9.42. The molecule has 0 saturated carbocycles. The largest absolute Gasteiger partial charge is 0.481 e. The molecule has 1 aromatic rings. The maximum Gasteiger partial charge on any atom is 0.313 e. The monoisotopic (exact) mass is 232 g/mol. The average molecular weight is 232 g/mol. The van der Waals surface area contributed by atoms with Gasteiger partial charge in [0.15, 0.2) is 0 Å². The quantitative estimate of drug-likeness (QED) is 0.574. The first-order valence-electron chi connectivity index (χ1n) is 6.01. The van der Waals surface area contributed by atoms with Gasteiger partial charge in [-0.3, -0.25) is 4.79 Å². The molecule has 0 unspecified atom stereocenters. The number of allylic oxidation sites excluding steroid dienone is 1. The van der Waals surface area contributed by atoms with Gasteiger partial charge in [-0.15, -0.1) is 6.58 Å². The summed E-state index contributed by atoms with van der Waals surface area (Å²) >= 11 is 0. The van der Waals surface area contributed by atoms with Crippen molar-refractivity contribution in [3.8, 4) is 0 Å². The van der Waals surface area contributed by atoms with Crippen molar-refractivity contribution < 1.29 is 9.90 Å². The highest BCUT2D eigenvalue weighted by Crippen LogP contribution is 2.30. The standard InChI is InChI=1S/C15H20O2/c1-3-4-5-9-12-15(2,14(16)17)13-10-7-6-8-11-13/h3,6-8,10-11H,1,4-5,9,12H2,2H3,(H,16,17)/t15-/m0/s1. The lowest BCUT2D eigenvalue weighted by molar-refractivity contribution is -0.143. The molecule has 92 valence electrons. The smallest absolute Gasteiger partial charge is 0.313 e. The fourth-order valence-corrected chi connectivity index (χ4v) is 1.95. The number of carboxylic acids is 1. The third-order valence-corrected chi connectivity index (χ3v) is 3.22. The van der Waals surface area contributed by atoms with E-state index in [1.807, 2.05) is 36.4 Å². The number of hydrogen-bond donors (Lipinski definition) is 1. The zero-order valence-electron chi connectivity index (χ0n) is 10.4. The summed E-state index contributed by atoms with van der Waals surface area (Å²) in [7, 11) is 0. The molecule has 2 nitrogen and oxygen atoms in total. The van der Waals surface area contributed by atoms with Gasteiger partial charge in [-0.25, -0.2) is 0 Å². The molecular formula is C15H20O2. The van der Waals surface area contributed by atoms with Crippen molar-refractivity contribution in [1.82, 2.24) is 0 Å². The molecule has 0 aliphatic carbocycles.